The molecule has 1 aromatic heterocycles. The van der Waals surface area contributed by atoms with Crippen LogP contribution in [0.5, 0.6) is 0 Å². The first-order valence-electron chi connectivity index (χ1n) is 5.90. The average Bonchev–Trinajstić information content (AvgIpc) is 2.36. The zero-order valence-corrected chi connectivity index (χ0v) is 12.0. The number of rotatable bonds is 6. The smallest absolute Gasteiger partial charge is 0.328 e. The van der Waals surface area contributed by atoms with E-state index in [0.29, 0.717) is 23.9 Å². The van der Waals surface area contributed by atoms with Crippen molar-refractivity contribution >= 4 is 29.0 Å². The summed E-state index contributed by atoms with van der Waals surface area (Å²) in [5, 5.41) is 3.00. The highest BCUT2D eigenvalue weighted by molar-refractivity contribution is 7.80. The van der Waals surface area contributed by atoms with Crippen molar-refractivity contribution in [2.24, 2.45) is 11.7 Å². The van der Waals surface area contributed by atoms with Crippen LogP contribution in [0.4, 0.5) is 5.82 Å². The largest absolute Gasteiger partial charge is 0.467 e. The van der Waals surface area contributed by atoms with E-state index in [1.165, 1.54) is 19.5 Å². The van der Waals surface area contributed by atoms with Gasteiger partial charge in [0, 0.05) is 12.4 Å². The predicted molar refractivity (Wildman–Crippen MR) is 76.8 cm³/mol. The normalized spacial score (nSPS) is 12.0. The number of anilines is 1. The van der Waals surface area contributed by atoms with Crippen LogP contribution < -0.4 is 11.1 Å². The lowest BCUT2D eigenvalue weighted by Gasteiger charge is -2.19. The molecule has 0 fully saturated rings. The van der Waals surface area contributed by atoms with Crippen LogP contribution in [0.25, 0.3) is 0 Å². The number of methoxy groups -OCH3 is 1. The third-order valence-electron chi connectivity index (χ3n) is 2.44. The summed E-state index contributed by atoms with van der Waals surface area (Å²) in [7, 11) is 1.35. The summed E-state index contributed by atoms with van der Waals surface area (Å²) in [5.74, 6) is 0.362. The molecule has 0 radical (unpaired) electrons. The topological polar surface area (TPSA) is 90.1 Å². The maximum absolute atomic E-state index is 11.7. The Morgan fingerprint density at radius 1 is 1.47 bits per heavy atom. The van der Waals surface area contributed by atoms with Crippen LogP contribution in [0.15, 0.2) is 12.4 Å². The third-order valence-corrected chi connectivity index (χ3v) is 2.63. The molecule has 0 aliphatic heterocycles. The van der Waals surface area contributed by atoms with Gasteiger partial charge < -0.3 is 15.8 Å². The van der Waals surface area contributed by atoms with Crippen molar-refractivity contribution in [1.29, 1.82) is 0 Å². The molecule has 0 aliphatic carbocycles. The molecule has 3 N–H and O–H groups in total. The van der Waals surface area contributed by atoms with Crippen molar-refractivity contribution in [2.45, 2.75) is 26.3 Å². The second-order valence-electron chi connectivity index (χ2n) is 4.47. The molecule has 0 bridgehead atoms. The number of ether oxygens (including phenoxy) is 1. The van der Waals surface area contributed by atoms with Crippen LogP contribution in [0.1, 0.15) is 26.0 Å². The summed E-state index contributed by atoms with van der Waals surface area (Å²) in [6.45, 7) is 4.03. The van der Waals surface area contributed by atoms with Crippen LogP contribution in [-0.4, -0.2) is 34.1 Å². The molecule has 0 saturated heterocycles. The van der Waals surface area contributed by atoms with E-state index < -0.39 is 6.04 Å². The summed E-state index contributed by atoms with van der Waals surface area (Å²) in [4.78, 5) is 20.0. The zero-order valence-electron chi connectivity index (χ0n) is 11.2. The van der Waals surface area contributed by atoms with Crippen molar-refractivity contribution in [3.05, 3.63) is 18.1 Å². The summed E-state index contributed by atoms with van der Waals surface area (Å²) >= 11 is 4.90. The Morgan fingerprint density at radius 3 is 2.63 bits per heavy atom. The molecular weight excluding hydrogens is 264 g/mol. The average molecular weight is 282 g/mol. The molecule has 0 spiro atoms. The maximum atomic E-state index is 11.7. The number of hydrogen-bond donors (Lipinski definition) is 2. The second-order valence-corrected chi connectivity index (χ2v) is 4.91. The number of esters is 1. The molecule has 1 heterocycles. The number of aromatic nitrogens is 2. The third kappa shape index (κ3) is 4.44. The Morgan fingerprint density at radius 2 is 2.11 bits per heavy atom. The minimum atomic E-state index is -0.505. The van der Waals surface area contributed by atoms with Gasteiger partial charge in [-0.15, -0.1) is 0 Å². The quantitative estimate of drug-likeness (QED) is 0.596. The Labute approximate surface area is 117 Å². The Kier molecular flexibility index (Phi) is 5.62. The number of nitrogens with zero attached hydrogens (tertiary/aromatic N) is 2. The van der Waals surface area contributed by atoms with Crippen LogP contribution in [-0.2, 0) is 9.53 Å². The molecule has 0 amide bonds. The van der Waals surface area contributed by atoms with E-state index in [2.05, 4.69) is 15.3 Å². The summed E-state index contributed by atoms with van der Waals surface area (Å²) in [6, 6.07) is -0.505. The van der Waals surface area contributed by atoms with Gasteiger partial charge in [-0.25, -0.2) is 14.8 Å². The first-order valence-corrected chi connectivity index (χ1v) is 6.31. The molecule has 1 atom stereocenters. The highest BCUT2D eigenvalue weighted by Gasteiger charge is 2.22. The van der Waals surface area contributed by atoms with Crippen molar-refractivity contribution in [3.8, 4) is 0 Å². The summed E-state index contributed by atoms with van der Waals surface area (Å²) < 4.78 is 4.77. The zero-order chi connectivity index (χ0) is 14.4. The predicted octanol–water partition coefficient (Wildman–Crippen LogP) is 1.11. The highest BCUT2D eigenvalue weighted by Crippen LogP contribution is 2.14. The van der Waals surface area contributed by atoms with E-state index in [1.54, 1.807) is 0 Å². The van der Waals surface area contributed by atoms with Crippen molar-refractivity contribution in [1.82, 2.24) is 9.97 Å². The fraction of sp³-hybridized carbons (Fsp3) is 0.500. The van der Waals surface area contributed by atoms with Crippen LogP contribution >= 0.6 is 12.2 Å². The van der Waals surface area contributed by atoms with Crippen molar-refractivity contribution in [2.75, 3.05) is 12.4 Å². The Bertz CT molecular complexity index is 465. The van der Waals surface area contributed by atoms with Gasteiger partial charge in [0.15, 0.2) is 5.82 Å². The number of hydrogen-bond acceptors (Lipinski definition) is 6. The first kappa shape index (κ1) is 15.3. The van der Waals surface area contributed by atoms with E-state index >= 15 is 0 Å². The van der Waals surface area contributed by atoms with Gasteiger partial charge in [-0.05, 0) is 12.3 Å². The minimum Gasteiger partial charge on any atom is -0.467 e. The summed E-state index contributed by atoms with van der Waals surface area (Å²) in [6.07, 6.45) is 3.61. The lowest BCUT2D eigenvalue weighted by Crippen LogP contribution is -2.33. The molecule has 7 heteroatoms. The lowest BCUT2D eigenvalue weighted by atomic mass is 10.0. The molecule has 0 aromatic carbocycles. The number of nitrogens with one attached hydrogen (secondary N) is 1. The van der Waals surface area contributed by atoms with Gasteiger partial charge in [0.25, 0.3) is 0 Å². The SMILES string of the molecule is COC(=O)C(CC(C)C)Nc1nccnc1C(N)=S. The molecule has 6 nitrogen and oxygen atoms in total. The molecule has 19 heavy (non-hydrogen) atoms. The van der Waals surface area contributed by atoms with Crippen molar-refractivity contribution in [3.63, 3.8) is 0 Å². The standard InChI is InChI=1S/C12H18N4O2S/c1-7(2)6-8(12(17)18-3)16-11-9(10(13)19)14-4-5-15-11/h4-5,7-8H,6H2,1-3H3,(H2,13,19)(H,15,16). The second kappa shape index (κ2) is 6.98. The minimum absolute atomic E-state index is 0.128. The fourth-order valence-electron chi connectivity index (χ4n) is 1.62. The number of thiocarbonyl (C=S) groups is 1. The van der Waals surface area contributed by atoms with E-state index in [-0.39, 0.29) is 11.0 Å². The van der Waals surface area contributed by atoms with E-state index in [1.807, 2.05) is 13.8 Å². The Hall–Kier alpha value is -1.76. The number of carbonyl (C=O) groups is 1. The van der Waals surface area contributed by atoms with Crippen LogP contribution in [0.3, 0.4) is 0 Å². The molecule has 1 rings (SSSR count). The first-order chi connectivity index (χ1) is 8.95. The fourth-order valence-corrected chi connectivity index (χ4v) is 1.77. The van der Waals surface area contributed by atoms with Gasteiger partial charge in [-0.1, -0.05) is 26.1 Å². The lowest BCUT2D eigenvalue weighted by molar-refractivity contribution is -0.141. The van der Waals surface area contributed by atoms with E-state index in [9.17, 15) is 4.79 Å². The van der Waals surface area contributed by atoms with Gasteiger partial charge in [0.2, 0.25) is 0 Å². The van der Waals surface area contributed by atoms with E-state index in [4.69, 9.17) is 22.7 Å². The van der Waals surface area contributed by atoms with Gasteiger partial charge in [-0.2, -0.15) is 0 Å². The monoisotopic (exact) mass is 282 g/mol. The van der Waals surface area contributed by atoms with Crippen LogP contribution in [0, 0.1) is 5.92 Å². The molecular formula is C12H18N4O2S. The van der Waals surface area contributed by atoms with Crippen LogP contribution in [0.2, 0.25) is 0 Å². The van der Waals surface area contributed by atoms with Gasteiger partial charge in [0.05, 0.1) is 7.11 Å². The highest BCUT2D eigenvalue weighted by atomic mass is 32.1. The van der Waals surface area contributed by atoms with E-state index in [0.717, 1.165) is 0 Å². The number of carbonyl (C=O) groups excluding carboxylic acids is 1. The Balaban J connectivity index is 2.96. The van der Waals surface area contributed by atoms with Gasteiger partial charge in [-0.3, -0.25) is 0 Å². The molecule has 1 aromatic rings. The van der Waals surface area contributed by atoms with Crippen molar-refractivity contribution < 1.29 is 9.53 Å². The number of nitrogens with two attached hydrogens (primary N) is 1. The maximum Gasteiger partial charge on any atom is 0.328 e. The molecule has 104 valence electrons. The molecule has 0 saturated carbocycles. The molecule has 1 unspecified atom stereocenters. The summed E-state index contributed by atoms with van der Waals surface area (Å²) in [5.41, 5.74) is 5.94. The molecule has 0 aliphatic rings. The van der Waals surface area contributed by atoms with Gasteiger partial charge >= 0.3 is 5.97 Å². The van der Waals surface area contributed by atoms with Gasteiger partial charge in [0.1, 0.15) is 16.7 Å².